The molecule has 0 aliphatic carbocycles. The summed E-state index contributed by atoms with van der Waals surface area (Å²) in [6.45, 7) is 2.04. The Balaban J connectivity index is 1.66. The van der Waals surface area contributed by atoms with Crippen molar-refractivity contribution in [2.24, 2.45) is 0 Å². The molecule has 0 heterocycles. The molecule has 0 aromatic heterocycles. The molecule has 1 unspecified atom stereocenters. The molecule has 0 bridgehead atoms. The average molecular weight is 410 g/mol. The lowest BCUT2D eigenvalue weighted by Gasteiger charge is -2.17. The third-order valence-electron chi connectivity index (χ3n) is 4.46. The van der Waals surface area contributed by atoms with E-state index in [0.29, 0.717) is 16.3 Å². The van der Waals surface area contributed by atoms with Crippen LogP contribution in [0.3, 0.4) is 0 Å². The van der Waals surface area contributed by atoms with Crippen molar-refractivity contribution in [1.29, 1.82) is 0 Å². The van der Waals surface area contributed by atoms with Gasteiger partial charge in [0.2, 0.25) is 5.91 Å². The lowest BCUT2D eigenvalue weighted by atomic mass is 10.1. The number of amides is 1. The minimum absolute atomic E-state index is 0.0628. The third kappa shape index (κ3) is 5.33. The summed E-state index contributed by atoms with van der Waals surface area (Å²) < 4.78 is 0. The third-order valence-corrected chi connectivity index (χ3v) is 4.78. The highest BCUT2D eigenvalue weighted by molar-refractivity contribution is 6.33. The smallest absolute Gasteiger partial charge is 0.273 e. The first-order chi connectivity index (χ1) is 13.9. The standard InChI is InChI=1S/C22H20ClN3O3/c1-15(16-7-3-2-4-8-16)24-20-12-11-18(14-19(20)23)25-22(27)13-17-9-5-6-10-21(17)26(28)29/h2-12,14-15,24H,13H2,1H3,(H,25,27). The molecule has 0 saturated carbocycles. The van der Waals surface area contributed by atoms with Gasteiger partial charge in [-0.15, -0.1) is 0 Å². The molecule has 1 atom stereocenters. The van der Waals surface area contributed by atoms with Crippen LogP contribution >= 0.6 is 11.6 Å². The number of para-hydroxylation sites is 1. The van der Waals surface area contributed by atoms with Crippen molar-refractivity contribution >= 4 is 34.6 Å². The molecule has 29 heavy (non-hydrogen) atoms. The monoisotopic (exact) mass is 409 g/mol. The van der Waals surface area contributed by atoms with Gasteiger partial charge in [0.1, 0.15) is 0 Å². The van der Waals surface area contributed by atoms with E-state index in [1.807, 2.05) is 37.3 Å². The lowest BCUT2D eigenvalue weighted by molar-refractivity contribution is -0.385. The Morgan fingerprint density at radius 1 is 1.07 bits per heavy atom. The number of halogens is 1. The maximum absolute atomic E-state index is 12.3. The van der Waals surface area contributed by atoms with E-state index in [-0.39, 0.29) is 24.1 Å². The first-order valence-corrected chi connectivity index (χ1v) is 9.45. The zero-order chi connectivity index (χ0) is 20.8. The lowest BCUT2D eigenvalue weighted by Crippen LogP contribution is -2.15. The van der Waals surface area contributed by atoms with Crippen LogP contribution in [0.1, 0.15) is 24.1 Å². The summed E-state index contributed by atoms with van der Waals surface area (Å²) in [6, 6.07) is 21.4. The number of nitro groups is 1. The van der Waals surface area contributed by atoms with Gasteiger partial charge in [-0.2, -0.15) is 0 Å². The zero-order valence-electron chi connectivity index (χ0n) is 15.8. The van der Waals surface area contributed by atoms with E-state index in [1.165, 1.54) is 6.07 Å². The zero-order valence-corrected chi connectivity index (χ0v) is 16.5. The van der Waals surface area contributed by atoms with E-state index in [2.05, 4.69) is 10.6 Å². The average Bonchev–Trinajstić information content (AvgIpc) is 2.71. The minimum Gasteiger partial charge on any atom is -0.377 e. The Bertz CT molecular complexity index is 1020. The van der Waals surface area contributed by atoms with Crippen LogP contribution in [-0.2, 0) is 11.2 Å². The van der Waals surface area contributed by atoms with E-state index >= 15 is 0 Å². The minimum atomic E-state index is -0.492. The van der Waals surface area contributed by atoms with Gasteiger partial charge < -0.3 is 10.6 Å². The molecule has 1 amide bonds. The van der Waals surface area contributed by atoms with Crippen molar-refractivity contribution in [2.45, 2.75) is 19.4 Å². The van der Waals surface area contributed by atoms with Gasteiger partial charge in [-0.3, -0.25) is 14.9 Å². The van der Waals surface area contributed by atoms with Gasteiger partial charge in [-0.1, -0.05) is 60.1 Å². The first-order valence-electron chi connectivity index (χ1n) is 9.07. The second-order valence-corrected chi connectivity index (χ2v) is 6.99. The number of anilines is 2. The summed E-state index contributed by atoms with van der Waals surface area (Å²) in [5, 5.41) is 17.6. The van der Waals surface area contributed by atoms with Crippen LogP contribution in [0.15, 0.2) is 72.8 Å². The first kappa shape index (κ1) is 20.4. The number of hydrogen-bond donors (Lipinski definition) is 2. The van der Waals surface area contributed by atoms with Crippen LogP contribution in [0.5, 0.6) is 0 Å². The van der Waals surface area contributed by atoms with Gasteiger partial charge >= 0.3 is 0 Å². The molecule has 148 valence electrons. The Hall–Kier alpha value is -3.38. The van der Waals surface area contributed by atoms with Crippen LogP contribution in [-0.4, -0.2) is 10.8 Å². The van der Waals surface area contributed by atoms with E-state index in [0.717, 1.165) is 11.3 Å². The van der Waals surface area contributed by atoms with Gasteiger partial charge in [0.25, 0.3) is 5.69 Å². The number of nitro benzene ring substituents is 1. The summed E-state index contributed by atoms with van der Waals surface area (Å²) in [6.07, 6.45) is -0.0974. The highest BCUT2D eigenvalue weighted by Crippen LogP contribution is 2.29. The van der Waals surface area contributed by atoms with Crippen LogP contribution in [0.4, 0.5) is 17.1 Å². The summed E-state index contributed by atoms with van der Waals surface area (Å²) in [5.74, 6) is -0.353. The Kier molecular flexibility index (Phi) is 6.46. The van der Waals surface area contributed by atoms with Crippen molar-refractivity contribution < 1.29 is 9.72 Å². The number of nitrogens with one attached hydrogen (secondary N) is 2. The van der Waals surface area contributed by atoms with E-state index in [9.17, 15) is 14.9 Å². The van der Waals surface area contributed by atoms with Gasteiger partial charge in [-0.05, 0) is 30.7 Å². The molecule has 3 aromatic rings. The summed E-state index contributed by atoms with van der Waals surface area (Å²) in [4.78, 5) is 22.9. The highest BCUT2D eigenvalue weighted by Gasteiger charge is 2.16. The predicted octanol–water partition coefficient (Wildman–Crippen LogP) is 5.60. The van der Waals surface area contributed by atoms with Gasteiger partial charge in [-0.25, -0.2) is 0 Å². The molecule has 0 aliphatic heterocycles. The van der Waals surface area contributed by atoms with E-state index in [4.69, 9.17) is 11.6 Å². The summed E-state index contributed by atoms with van der Waals surface area (Å²) in [5.41, 5.74) is 2.69. The Labute approximate surface area is 173 Å². The molecule has 6 nitrogen and oxygen atoms in total. The molecule has 3 aromatic carbocycles. The van der Waals surface area contributed by atoms with Crippen molar-refractivity contribution in [1.82, 2.24) is 0 Å². The molecule has 2 N–H and O–H groups in total. The second-order valence-electron chi connectivity index (χ2n) is 6.58. The molecule has 0 radical (unpaired) electrons. The number of carbonyl (C=O) groups excluding carboxylic acids is 1. The fourth-order valence-corrected chi connectivity index (χ4v) is 3.22. The number of nitrogens with zero attached hydrogens (tertiary/aromatic N) is 1. The quantitative estimate of drug-likeness (QED) is 0.392. The predicted molar refractivity (Wildman–Crippen MR) is 115 cm³/mol. The van der Waals surface area contributed by atoms with Gasteiger partial charge in [0.05, 0.1) is 22.1 Å². The van der Waals surface area contributed by atoms with Crippen LogP contribution < -0.4 is 10.6 Å². The second kappa shape index (κ2) is 9.21. The SMILES string of the molecule is CC(Nc1ccc(NC(=O)Cc2ccccc2[N+](=O)[O-])cc1Cl)c1ccccc1. The van der Waals surface area contributed by atoms with Gasteiger partial charge in [0.15, 0.2) is 0 Å². The van der Waals surface area contributed by atoms with E-state index < -0.39 is 4.92 Å². The summed E-state index contributed by atoms with van der Waals surface area (Å²) in [7, 11) is 0. The van der Waals surface area contributed by atoms with Crippen LogP contribution in [0.25, 0.3) is 0 Å². The van der Waals surface area contributed by atoms with E-state index in [1.54, 1.807) is 36.4 Å². The van der Waals surface area contributed by atoms with Crippen LogP contribution in [0.2, 0.25) is 5.02 Å². The maximum Gasteiger partial charge on any atom is 0.273 e. The molecule has 0 aliphatic rings. The fraction of sp³-hybridized carbons (Fsp3) is 0.136. The molecular weight excluding hydrogens is 390 g/mol. The number of benzene rings is 3. The molecule has 0 spiro atoms. The van der Waals surface area contributed by atoms with Crippen molar-refractivity contribution in [3.63, 3.8) is 0 Å². The summed E-state index contributed by atoms with van der Waals surface area (Å²) >= 11 is 6.37. The number of hydrogen-bond acceptors (Lipinski definition) is 4. The Morgan fingerprint density at radius 2 is 1.76 bits per heavy atom. The Morgan fingerprint density at radius 3 is 2.45 bits per heavy atom. The largest absolute Gasteiger partial charge is 0.377 e. The normalized spacial score (nSPS) is 11.5. The molecule has 0 saturated heterocycles. The number of rotatable bonds is 7. The van der Waals surface area contributed by atoms with Gasteiger partial charge in [0, 0.05) is 23.4 Å². The van der Waals surface area contributed by atoms with Crippen molar-refractivity contribution in [3.05, 3.63) is 99.1 Å². The molecule has 0 fully saturated rings. The fourth-order valence-electron chi connectivity index (χ4n) is 2.98. The van der Waals surface area contributed by atoms with Crippen molar-refractivity contribution in [3.8, 4) is 0 Å². The van der Waals surface area contributed by atoms with Crippen LogP contribution in [0, 0.1) is 10.1 Å². The number of carbonyl (C=O) groups is 1. The topological polar surface area (TPSA) is 84.3 Å². The maximum atomic E-state index is 12.3. The molecular formula is C22H20ClN3O3. The molecule has 3 rings (SSSR count). The molecule has 7 heteroatoms. The highest BCUT2D eigenvalue weighted by atomic mass is 35.5. The van der Waals surface area contributed by atoms with Crippen molar-refractivity contribution in [2.75, 3.05) is 10.6 Å².